The third-order valence-electron chi connectivity index (χ3n) is 7.64. The van der Waals surface area contributed by atoms with Gasteiger partial charge >= 0.3 is 0 Å². The van der Waals surface area contributed by atoms with Gasteiger partial charge in [0.05, 0.1) is 11.7 Å². The summed E-state index contributed by atoms with van der Waals surface area (Å²) in [6, 6.07) is 7.42. The quantitative estimate of drug-likeness (QED) is 0.177. The summed E-state index contributed by atoms with van der Waals surface area (Å²) in [5.74, 6) is -0.410. The minimum atomic E-state index is -1.47. The third-order valence-corrected chi connectivity index (χ3v) is 8.01. The standard InChI is InChI=1S/C30H34ClFN2O10/c1-14(30(39)33-24-25(36)27(38)29-28(26(24)37)40-13-41-29)9-16-3-6-22(20(35)10-16)44-23-8-7-21(43-23)15(2)34-42-12-17-11-18(32)4-5-19(17)31/h3-6,9-11,23-29,34-38H,7-8,12-13H2,1-2H3,(H,33,39)/t23-,24+,25-,26+,27+,28-,29+/m0/s1. The number of aromatic hydroxyl groups is 1. The van der Waals surface area contributed by atoms with Crippen LogP contribution in [0.25, 0.3) is 6.08 Å². The molecule has 238 valence electrons. The molecule has 0 aromatic heterocycles. The van der Waals surface area contributed by atoms with Gasteiger partial charge in [-0.1, -0.05) is 17.7 Å². The van der Waals surface area contributed by atoms with E-state index < -0.39 is 54.6 Å². The summed E-state index contributed by atoms with van der Waals surface area (Å²) in [6.45, 7) is 3.19. The van der Waals surface area contributed by atoms with Crippen molar-refractivity contribution in [1.29, 1.82) is 0 Å². The van der Waals surface area contributed by atoms with E-state index in [4.69, 9.17) is 35.4 Å². The number of phenolic OH excluding ortho intramolecular Hbond substituents is 1. The van der Waals surface area contributed by atoms with Crippen molar-refractivity contribution >= 4 is 23.6 Å². The van der Waals surface area contributed by atoms with Crippen LogP contribution in [0.2, 0.25) is 5.02 Å². The van der Waals surface area contributed by atoms with Gasteiger partial charge in [0.1, 0.15) is 55.5 Å². The molecule has 7 atom stereocenters. The molecule has 2 heterocycles. The van der Waals surface area contributed by atoms with Gasteiger partial charge in [0.25, 0.3) is 0 Å². The second-order valence-electron chi connectivity index (χ2n) is 10.8. The predicted molar refractivity (Wildman–Crippen MR) is 153 cm³/mol. The molecule has 5 rings (SSSR count). The number of benzene rings is 2. The van der Waals surface area contributed by atoms with E-state index in [0.29, 0.717) is 40.4 Å². The SMILES string of the molecule is CC(=Cc1ccc(O[C@H]2CCC(=C(C)NOCc3cc(F)ccc3Cl)O2)c(O)c1)C(=O)N[C@@H]1[C@H](O)[C@@H](O)[C@H]2OCO[C@H]2[C@@H]1O. The molecule has 44 heavy (non-hydrogen) atoms. The average molecular weight is 637 g/mol. The lowest BCUT2D eigenvalue weighted by Gasteiger charge is -2.41. The Bertz CT molecular complexity index is 1440. The number of carbonyl (C=O) groups excluding carboxylic acids is 1. The zero-order chi connectivity index (χ0) is 31.5. The molecule has 0 bridgehead atoms. The molecular weight excluding hydrogens is 603 g/mol. The molecular formula is C30H34ClFN2O10. The zero-order valence-electron chi connectivity index (χ0n) is 23.9. The Morgan fingerprint density at radius 2 is 1.84 bits per heavy atom. The molecule has 12 nitrogen and oxygen atoms in total. The van der Waals surface area contributed by atoms with Crippen molar-refractivity contribution in [1.82, 2.24) is 10.8 Å². The van der Waals surface area contributed by atoms with Crippen molar-refractivity contribution in [3.8, 4) is 11.5 Å². The fourth-order valence-electron chi connectivity index (χ4n) is 5.22. The van der Waals surface area contributed by atoms with Crippen molar-refractivity contribution in [3.05, 3.63) is 75.4 Å². The minimum absolute atomic E-state index is 0.0375. The summed E-state index contributed by atoms with van der Waals surface area (Å²) < 4.78 is 35.6. The minimum Gasteiger partial charge on any atom is -0.504 e. The number of phenols is 1. The van der Waals surface area contributed by atoms with Crippen LogP contribution < -0.4 is 15.5 Å². The van der Waals surface area contributed by atoms with Gasteiger partial charge in [0.15, 0.2) is 11.5 Å². The van der Waals surface area contributed by atoms with E-state index in [0.717, 1.165) is 0 Å². The van der Waals surface area contributed by atoms with Gasteiger partial charge in [-0.2, -0.15) is 0 Å². The second kappa shape index (κ2) is 13.7. The van der Waals surface area contributed by atoms with Gasteiger partial charge in [-0.3, -0.25) is 15.1 Å². The number of nitrogens with one attached hydrogen (secondary N) is 2. The number of carbonyl (C=O) groups is 1. The predicted octanol–water partition coefficient (Wildman–Crippen LogP) is 2.38. The monoisotopic (exact) mass is 636 g/mol. The Balaban J connectivity index is 1.14. The normalized spacial score (nSPS) is 29.5. The van der Waals surface area contributed by atoms with Crippen molar-refractivity contribution in [2.75, 3.05) is 6.79 Å². The Hall–Kier alpha value is -3.43. The van der Waals surface area contributed by atoms with E-state index in [1.165, 1.54) is 43.3 Å². The van der Waals surface area contributed by atoms with Crippen LogP contribution in [0.1, 0.15) is 37.8 Å². The molecule has 2 aromatic rings. The van der Waals surface area contributed by atoms with E-state index in [1.807, 2.05) is 0 Å². The average Bonchev–Trinajstić information content (AvgIpc) is 3.68. The van der Waals surface area contributed by atoms with E-state index in [2.05, 4.69) is 10.8 Å². The maximum Gasteiger partial charge on any atom is 0.247 e. The van der Waals surface area contributed by atoms with Crippen molar-refractivity contribution in [2.24, 2.45) is 0 Å². The Morgan fingerprint density at radius 3 is 2.59 bits per heavy atom. The maximum absolute atomic E-state index is 13.4. The number of fused-ring (bicyclic) bond motifs is 1. The topological polar surface area (TPSA) is 168 Å². The summed E-state index contributed by atoms with van der Waals surface area (Å²) >= 11 is 6.06. The van der Waals surface area contributed by atoms with Crippen LogP contribution in [-0.2, 0) is 30.4 Å². The lowest BCUT2D eigenvalue weighted by atomic mass is 9.83. The molecule has 1 aliphatic carbocycles. The molecule has 0 spiro atoms. The summed E-state index contributed by atoms with van der Waals surface area (Å²) in [5, 5.41) is 44.8. The largest absolute Gasteiger partial charge is 0.504 e. The molecule has 1 amide bonds. The highest BCUT2D eigenvalue weighted by Gasteiger charge is 2.53. The molecule has 0 radical (unpaired) electrons. The highest BCUT2D eigenvalue weighted by molar-refractivity contribution is 6.31. The molecule has 6 N–H and O–H groups in total. The second-order valence-corrected chi connectivity index (χ2v) is 11.2. The Kier molecular flexibility index (Phi) is 9.95. The molecule has 2 aliphatic heterocycles. The van der Waals surface area contributed by atoms with Crippen LogP contribution in [-0.4, -0.2) is 76.0 Å². The van der Waals surface area contributed by atoms with E-state index in [1.54, 1.807) is 13.0 Å². The molecule has 2 saturated heterocycles. The summed E-state index contributed by atoms with van der Waals surface area (Å²) in [5.41, 5.74) is 4.57. The Labute approximate surface area is 257 Å². The molecule has 0 unspecified atom stereocenters. The summed E-state index contributed by atoms with van der Waals surface area (Å²) in [4.78, 5) is 18.3. The highest BCUT2D eigenvalue weighted by Crippen LogP contribution is 2.34. The fraction of sp³-hybridized carbons (Fsp3) is 0.433. The number of allylic oxidation sites excluding steroid dienone is 2. The van der Waals surface area contributed by atoms with E-state index in [9.17, 15) is 29.6 Å². The number of amides is 1. The van der Waals surface area contributed by atoms with E-state index >= 15 is 0 Å². The first-order valence-corrected chi connectivity index (χ1v) is 14.3. The number of hydrogen-bond donors (Lipinski definition) is 6. The summed E-state index contributed by atoms with van der Waals surface area (Å²) in [6.07, 6.45) is -3.99. The lowest BCUT2D eigenvalue weighted by molar-refractivity contribution is -0.155. The zero-order valence-corrected chi connectivity index (χ0v) is 24.7. The maximum atomic E-state index is 13.4. The van der Waals surface area contributed by atoms with Crippen LogP contribution in [0, 0.1) is 5.82 Å². The van der Waals surface area contributed by atoms with Gasteiger partial charge in [-0.05, 0) is 55.8 Å². The van der Waals surface area contributed by atoms with Gasteiger partial charge in [-0.15, -0.1) is 0 Å². The molecule has 1 saturated carbocycles. The van der Waals surface area contributed by atoms with Crippen molar-refractivity contribution in [2.45, 2.75) is 76.1 Å². The van der Waals surface area contributed by atoms with Crippen LogP contribution in [0.3, 0.4) is 0 Å². The van der Waals surface area contributed by atoms with E-state index in [-0.39, 0.29) is 30.5 Å². The first-order valence-electron chi connectivity index (χ1n) is 14.0. The number of aliphatic hydroxyl groups is 3. The van der Waals surface area contributed by atoms with Crippen molar-refractivity contribution in [3.63, 3.8) is 0 Å². The van der Waals surface area contributed by atoms with Crippen LogP contribution in [0.15, 0.2) is 53.4 Å². The number of hydroxylamine groups is 1. The number of rotatable bonds is 9. The smallest absolute Gasteiger partial charge is 0.247 e. The number of hydrogen-bond acceptors (Lipinski definition) is 11. The molecule has 3 aliphatic rings. The van der Waals surface area contributed by atoms with Crippen LogP contribution >= 0.6 is 11.6 Å². The Morgan fingerprint density at radius 1 is 1.09 bits per heavy atom. The van der Waals surface area contributed by atoms with Gasteiger partial charge < -0.3 is 44.7 Å². The summed E-state index contributed by atoms with van der Waals surface area (Å²) in [7, 11) is 0. The third kappa shape index (κ3) is 7.10. The molecule has 14 heteroatoms. The fourth-order valence-corrected chi connectivity index (χ4v) is 5.39. The first-order chi connectivity index (χ1) is 21.0. The number of halogens is 2. The molecule has 3 fully saturated rings. The first kappa shape index (κ1) is 32.0. The molecule has 2 aromatic carbocycles. The number of aliphatic hydroxyl groups excluding tert-OH is 3. The lowest BCUT2D eigenvalue weighted by Crippen LogP contribution is -2.67. The van der Waals surface area contributed by atoms with Crippen LogP contribution in [0.4, 0.5) is 4.39 Å². The van der Waals surface area contributed by atoms with Gasteiger partial charge in [0.2, 0.25) is 12.2 Å². The van der Waals surface area contributed by atoms with Crippen molar-refractivity contribution < 1.29 is 53.4 Å². The number of ether oxygens (including phenoxy) is 4. The highest BCUT2D eigenvalue weighted by atomic mass is 35.5. The van der Waals surface area contributed by atoms with Gasteiger partial charge in [-0.25, -0.2) is 4.39 Å². The van der Waals surface area contributed by atoms with Crippen LogP contribution in [0.5, 0.6) is 11.5 Å². The van der Waals surface area contributed by atoms with Gasteiger partial charge in [0, 0.05) is 29.0 Å².